The number of carbonyl (C=O) groups excluding carboxylic acids is 2. The molecule has 0 unspecified atom stereocenters. The van der Waals surface area contributed by atoms with Crippen LogP contribution in [0.1, 0.15) is 29.4 Å². The lowest BCUT2D eigenvalue weighted by Crippen LogP contribution is -2.14. The summed E-state index contributed by atoms with van der Waals surface area (Å²) in [6.07, 6.45) is 0.399. The topological polar surface area (TPSA) is 71.1 Å². The molecule has 26 heavy (non-hydrogen) atoms. The minimum Gasteiger partial charge on any atom is -0.326 e. The van der Waals surface area contributed by atoms with Gasteiger partial charge in [0.05, 0.1) is 0 Å². The highest BCUT2D eigenvalue weighted by molar-refractivity contribution is 7.13. The predicted molar refractivity (Wildman–Crippen MR) is 106 cm³/mol. The van der Waals surface area contributed by atoms with E-state index in [0.717, 1.165) is 16.1 Å². The lowest BCUT2D eigenvalue weighted by atomic mass is 10.1. The number of anilines is 2. The number of carbonyl (C=O) groups is 2. The molecule has 1 aromatic heterocycles. The standard InChI is InChI=1S/C20H19N3O2S/c1-3-18(24)21-15-10-9-13(2)16(11-15)22-19(25)17-12-26-20(23-17)14-7-5-4-6-8-14/h4-12H,3H2,1-2H3,(H,21,24)(H,22,25). The van der Waals surface area contributed by atoms with Crippen molar-refractivity contribution in [2.45, 2.75) is 20.3 Å². The highest BCUT2D eigenvalue weighted by Gasteiger charge is 2.13. The maximum atomic E-state index is 12.5. The number of hydrogen-bond donors (Lipinski definition) is 2. The van der Waals surface area contributed by atoms with Crippen molar-refractivity contribution in [1.82, 2.24) is 4.98 Å². The first-order valence-corrected chi connectivity index (χ1v) is 9.17. The first kappa shape index (κ1) is 17.8. The molecule has 2 amide bonds. The minimum atomic E-state index is -0.273. The van der Waals surface area contributed by atoms with Crippen LogP contribution in [0.5, 0.6) is 0 Å². The van der Waals surface area contributed by atoms with Crippen molar-refractivity contribution >= 4 is 34.5 Å². The number of nitrogens with zero attached hydrogens (tertiary/aromatic N) is 1. The second kappa shape index (κ2) is 7.93. The molecule has 0 aliphatic carbocycles. The number of amides is 2. The summed E-state index contributed by atoms with van der Waals surface area (Å²) in [6.45, 7) is 3.69. The maximum absolute atomic E-state index is 12.5. The van der Waals surface area contributed by atoms with Crippen LogP contribution in [-0.4, -0.2) is 16.8 Å². The normalized spacial score (nSPS) is 10.4. The Morgan fingerprint density at radius 2 is 1.85 bits per heavy atom. The first-order valence-electron chi connectivity index (χ1n) is 8.29. The van der Waals surface area contributed by atoms with Crippen LogP contribution in [0.25, 0.3) is 10.6 Å². The van der Waals surface area contributed by atoms with E-state index in [1.54, 1.807) is 18.4 Å². The molecule has 0 bridgehead atoms. The zero-order valence-electron chi connectivity index (χ0n) is 14.6. The third-order valence-electron chi connectivity index (χ3n) is 3.85. The van der Waals surface area contributed by atoms with Crippen LogP contribution in [0.2, 0.25) is 0 Å². The van der Waals surface area contributed by atoms with Crippen LogP contribution in [0, 0.1) is 6.92 Å². The molecule has 0 saturated heterocycles. The van der Waals surface area contributed by atoms with Crippen molar-refractivity contribution in [3.63, 3.8) is 0 Å². The van der Waals surface area contributed by atoms with Crippen molar-refractivity contribution in [3.05, 3.63) is 65.2 Å². The summed E-state index contributed by atoms with van der Waals surface area (Å²) in [5.74, 6) is -0.344. The molecule has 0 fully saturated rings. The summed E-state index contributed by atoms with van der Waals surface area (Å²) in [5, 5.41) is 8.22. The Balaban J connectivity index is 1.77. The molecular formula is C20H19N3O2S. The molecule has 0 aliphatic heterocycles. The maximum Gasteiger partial charge on any atom is 0.275 e. The molecule has 3 aromatic rings. The van der Waals surface area contributed by atoms with Gasteiger partial charge in [0, 0.05) is 28.7 Å². The molecule has 3 rings (SSSR count). The van der Waals surface area contributed by atoms with Gasteiger partial charge in [0.2, 0.25) is 5.91 Å². The average molecular weight is 365 g/mol. The van der Waals surface area contributed by atoms with E-state index in [1.807, 2.05) is 49.4 Å². The Kier molecular flexibility index (Phi) is 5.43. The fourth-order valence-electron chi connectivity index (χ4n) is 2.36. The Morgan fingerprint density at radius 1 is 1.08 bits per heavy atom. The Labute approximate surface area is 156 Å². The molecule has 2 N–H and O–H groups in total. The molecule has 0 saturated carbocycles. The number of hydrogen-bond acceptors (Lipinski definition) is 4. The van der Waals surface area contributed by atoms with Gasteiger partial charge >= 0.3 is 0 Å². The van der Waals surface area contributed by atoms with E-state index >= 15 is 0 Å². The number of aryl methyl sites for hydroxylation is 1. The van der Waals surface area contributed by atoms with Crippen molar-refractivity contribution in [2.75, 3.05) is 10.6 Å². The van der Waals surface area contributed by atoms with Crippen LogP contribution in [-0.2, 0) is 4.79 Å². The molecule has 2 aromatic carbocycles. The van der Waals surface area contributed by atoms with Gasteiger partial charge in [-0.1, -0.05) is 43.3 Å². The van der Waals surface area contributed by atoms with Gasteiger partial charge in [0.25, 0.3) is 5.91 Å². The molecule has 0 aliphatic rings. The molecule has 6 heteroatoms. The number of benzene rings is 2. The van der Waals surface area contributed by atoms with E-state index in [1.165, 1.54) is 11.3 Å². The number of thiazole rings is 1. The first-order chi connectivity index (χ1) is 12.6. The highest BCUT2D eigenvalue weighted by atomic mass is 32.1. The second-order valence-corrected chi connectivity index (χ2v) is 6.65. The van der Waals surface area contributed by atoms with E-state index in [2.05, 4.69) is 15.6 Å². The van der Waals surface area contributed by atoms with Gasteiger partial charge in [-0.2, -0.15) is 0 Å². The fourth-order valence-corrected chi connectivity index (χ4v) is 3.17. The van der Waals surface area contributed by atoms with Gasteiger partial charge in [0.15, 0.2) is 0 Å². The molecule has 1 heterocycles. The number of aromatic nitrogens is 1. The van der Waals surface area contributed by atoms with E-state index < -0.39 is 0 Å². The van der Waals surface area contributed by atoms with Gasteiger partial charge in [-0.05, 0) is 24.6 Å². The summed E-state index contributed by atoms with van der Waals surface area (Å²) in [4.78, 5) is 28.5. The molecule has 0 atom stereocenters. The third-order valence-corrected chi connectivity index (χ3v) is 4.74. The smallest absolute Gasteiger partial charge is 0.275 e. The molecule has 5 nitrogen and oxygen atoms in total. The van der Waals surface area contributed by atoms with Crippen LogP contribution in [0.4, 0.5) is 11.4 Å². The highest BCUT2D eigenvalue weighted by Crippen LogP contribution is 2.25. The van der Waals surface area contributed by atoms with Crippen LogP contribution < -0.4 is 10.6 Å². The van der Waals surface area contributed by atoms with Gasteiger partial charge in [-0.25, -0.2) is 4.98 Å². The fraction of sp³-hybridized carbons (Fsp3) is 0.150. The summed E-state index contributed by atoms with van der Waals surface area (Å²) in [6, 6.07) is 15.2. The molecular weight excluding hydrogens is 346 g/mol. The molecule has 0 radical (unpaired) electrons. The van der Waals surface area contributed by atoms with Crippen molar-refractivity contribution < 1.29 is 9.59 Å². The average Bonchev–Trinajstić information content (AvgIpc) is 3.15. The van der Waals surface area contributed by atoms with Gasteiger partial charge in [-0.3, -0.25) is 9.59 Å². The van der Waals surface area contributed by atoms with Crippen molar-refractivity contribution in [1.29, 1.82) is 0 Å². The van der Waals surface area contributed by atoms with Crippen molar-refractivity contribution in [3.8, 4) is 10.6 Å². The van der Waals surface area contributed by atoms with Crippen LogP contribution in [0.15, 0.2) is 53.9 Å². The lowest BCUT2D eigenvalue weighted by molar-refractivity contribution is -0.115. The third kappa shape index (κ3) is 4.15. The zero-order chi connectivity index (χ0) is 18.5. The van der Waals surface area contributed by atoms with Crippen LogP contribution in [0.3, 0.4) is 0 Å². The summed E-state index contributed by atoms with van der Waals surface area (Å²) in [7, 11) is 0. The van der Waals surface area contributed by atoms with Gasteiger partial charge in [0.1, 0.15) is 10.7 Å². The summed E-state index contributed by atoms with van der Waals surface area (Å²) < 4.78 is 0. The Hall–Kier alpha value is -2.99. The summed E-state index contributed by atoms with van der Waals surface area (Å²) in [5.41, 5.74) is 3.57. The van der Waals surface area contributed by atoms with Crippen LogP contribution >= 0.6 is 11.3 Å². The predicted octanol–water partition coefficient (Wildman–Crippen LogP) is 4.72. The monoisotopic (exact) mass is 365 g/mol. The second-order valence-electron chi connectivity index (χ2n) is 5.79. The van der Waals surface area contributed by atoms with E-state index in [-0.39, 0.29) is 11.8 Å². The lowest BCUT2D eigenvalue weighted by Gasteiger charge is -2.10. The van der Waals surface area contributed by atoms with Gasteiger partial charge in [-0.15, -0.1) is 11.3 Å². The van der Waals surface area contributed by atoms with E-state index in [4.69, 9.17) is 0 Å². The Morgan fingerprint density at radius 3 is 2.58 bits per heavy atom. The quantitative estimate of drug-likeness (QED) is 0.687. The molecule has 0 spiro atoms. The summed E-state index contributed by atoms with van der Waals surface area (Å²) >= 11 is 1.43. The number of rotatable bonds is 5. The SMILES string of the molecule is CCC(=O)Nc1ccc(C)c(NC(=O)c2csc(-c3ccccc3)n2)c1. The largest absolute Gasteiger partial charge is 0.326 e. The number of nitrogens with one attached hydrogen (secondary N) is 2. The van der Waals surface area contributed by atoms with E-state index in [0.29, 0.717) is 23.5 Å². The van der Waals surface area contributed by atoms with Gasteiger partial charge < -0.3 is 10.6 Å². The Bertz CT molecular complexity index is 935. The zero-order valence-corrected chi connectivity index (χ0v) is 15.4. The van der Waals surface area contributed by atoms with Crippen molar-refractivity contribution in [2.24, 2.45) is 0 Å². The minimum absolute atomic E-state index is 0.0712. The molecule has 132 valence electrons. The van der Waals surface area contributed by atoms with E-state index in [9.17, 15) is 9.59 Å².